The molecule has 0 bridgehead atoms. The number of nitrogens with zero attached hydrogens (tertiary/aromatic N) is 2. The normalized spacial score (nSPS) is 19.6. The summed E-state index contributed by atoms with van der Waals surface area (Å²) in [5.74, 6) is 0.747. The third kappa shape index (κ3) is 2.13. The van der Waals surface area contributed by atoms with Crippen LogP contribution in [0.15, 0.2) is 4.52 Å². The van der Waals surface area contributed by atoms with Crippen molar-refractivity contribution >= 4 is 15.7 Å². The van der Waals surface area contributed by atoms with Crippen molar-refractivity contribution in [3.05, 3.63) is 17.0 Å². The second-order valence-corrected chi connectivity index (χ2v) is 7.99. The van der Waals surface area contributed by atoms with E-state index in [1.54, 1.807) is 11.8 Å². The molecular formula is C13H18N2O4S. The minimum atomic E-state index is -3.05. The van der Waals surface area contributed by atoms with Gasteiger partial charge in [0, 0.05) is 30.8 Å². The van der Waals surface area contributed by atoms with Crippen LogP contribution in [0.25, 0.3) is 0 Å². The Kier molecular flexibility index (Phi) is 3.32. The maximum atomic E-state index is 12.3. The molecule has 7 heteroatoms. The highest BCUT2D eigenvalue weighted by atomic mass is 32.2. The van der Waals surface area contributed by atoms with E-state index in [9.17, 15) is 13.2 Å². The molecule has 0 N–H and O–H groups in total. The van der Waals surface area contributed by atoms with Crippen molar-refractivity contribution in [2.75, 3.05) is 18.8 Å². The first-order chi connectivity index (χ1) is 9.53. The fourth-order valence-corrected chi connectivity index (χ4v) is 4.05. The third-order valence-electron chi connectivity index (χ3n) is 4.20. The van der Waals surface area contributed by atoms with E-state index < -0.39 is 15.1 Å². The number of hydrogen-bond acceptors (Lipinski definition) is 5. The Morgan fingerprint density at radius 2 is 2.05 bits per heavy atom. The average molecular weight is 298 g/mol. The van der Waals surface area contributed by atoms with Gasteiger partial charge in [-0.05, 0) is 19.3 Å². The van der Waals surface area contributed by atoms with Crippen LogP contribution in [0.2, 0.25) is 0 Å². The van der Waals surface area contributed by atoms with Gasteiger partial charge in [-0.25, -0.2) is 8.42 Å². The minimum absolute atomic E-state index is 0.124. The fraction of sp³-hybridized carbons (Fsp3) is 0.692. The molecule has 1 saturated heterocycles. The number of hydrogen-bond donors (Lipinski definition) is 0. The van der Waals surface area contributed by atoms with Crippen molar-refractivity contribution in [3.8, 4) is 0 Å². The summed E-state index contributed by atoms with van der Waals surface area (Å²) in [6, 6.07) is 0. The number of fused-ring (bicyclic) bond motifs is 1. The van der Waals surface area contributed by atoms with E-state index in [-0.39, 0.29) is 24.7 Å². The maximum absolute atomic E-state index is 12.3. The molecule has 0 unspecified atom stereocenters. The third-order valence-corrected chi connectivity index (χ3v) is 6.32. The predicted octanol–water partition coefficient (Wildman–Crippen LogP) is 0.812. The van der Waals surface area contributed by atoms with Crippen molar-refractivity contribution in [1.82, 2.24) is 10.1 Å². The first kappa shape index (κ1) is 13.6. The van der Waals surface area contributed by atoms with Crippen LogP contribution in [0.3, 0.4) is 0 Å². The summed E-state index contributed by atoms with van der Waals surface area (Å²) in [5, 5.41) is 3.47. The van der Waals surface area contributed by atoms with E-state index in [1.807, 2.05) is 0 Å². The van der Waals surface area contributed by atoms with Gasteiger partial charge < -0.3 is 9.42 Å². The Morgan fingerprint density at radius 1 is 1.35 bits per heavy atom. The van der Waals surface area contributed by atoms with Crippen LogP contribution in [0.5, 0.6) is 0 Å². The Labute approximate surface area is 118 Å². The second-order valence-electron chi connectivity index (χ2n) is 5.42. The van der Waals surface area contributed by atoms with E-state index in [2.05, 4.69) is 5.16 Å². The lowest BCUT2D eigenvalue weighted by Gasteiger charge is -2.38. The van der Waals surface area contributed by atoms with Gasteiger partial charge in [0.15, 0.2) is 15.5 Å². The summed E-state index contributed by atoms with van der Waals surface area (Å²) >= 11 is 0. The number of carbonyl (C=O) groups is 1. The Bertz CT molecular complexity index is 629. The highest BCUT2D eigenvalue weighted by molar-refractivity contribution is 7.92. The smallest absolute Gasteiger partial charge is 0.276 e. The van der Waals surface area contributed by atoms with Gasteiger partial charge in [-0.3, -0.25) is 4.79 Å². The summed E-state index contributed by atoms with van der Waals surface area (Å²) in [4.78, 5) is 13.9. The van der Waals surface area contributed by atoms with Crippen LogP contribution in [0.1, 0.15) is 41.6 Å². The van der Waals surface area contributed by atoms with E-state index in [1.165, 1.54) is 0 Å². The summed E-state index contributed by atoms with van der Waals surface area (Å²) in [6.45, 7) is 2.18. The molecule has 0 radical (unpaired) electrons. The van der Waals surface area contributed by atoms with Crippen LogP contribution in [-0.4, -0.2) is 48.5 Å². The molecule has 2 aliphatic rings. The van der Waals surface area contributed by atoms with Gasteiger partial charge in [0.05, 0.1) is 5.25 Å². The molecule has 1 aliphatic carbocycles. The summed E-state index contributed by atoms with van der Waals surface area (Å²) in [5.41, 5.74) is 1.30. The lowest BCUT2D eigenvalue weighted by molar-refractivity contribution is 0.0647. The van der Waals surface area contributed by atoms with Gasteiger partial charge in [-0.1, -0.05) is 12.1 Å². The molecule has 1 aromatic rings. The average Bonchev–Trinajstić information content (AvgIpc) is 2.80. The Balaban J connectivity index is 1.71. The first-order valence-corrected chi connectivity index (χ1v) is 8.72. The maximum Gasteiger partial charge on any atom is 0.276 e. The standard InChI is InChI=1S/C13H18N2O4S/c1-2-20(17,18)9-7-15(8-9)13(16)12-10-5-3-4-6-11(10)19-14-12/h9H,2-8H2,1H3. The number of rotatable bonds is 3. The molecule has 1 fully saturated rings. The monoisotopic (exact) mass is 298 g/mol. The van der Waals surface area contributed by atoms with Crippen LogP contribution in [-0.2, 0) is 22.7 Å². The molecule has 3 rings (SSSR count). The molecule has 1 aliphatic heterocycles. The highest BCUT2D eigenvalue weighted by Gasteiger charge is 2.40. The molecule has 0 spiro atoms. The summed E-state index contributed by atoms with van der Waals surface area (Å²) in [6.07, 6.45) is 3.77. The van der Waals surface area contributed by atoms with Gasteiger partial charge in [-0.15, -0.1) is 0 Å². The molecule has 0 atom stereocenters. The van der Waals surface area contributed by atoms with Gasteiger partial charge in [-0.2, -0.15) is 0 Å². The highest BCUT2D eigenvalue weighted by Crippen LogP contribution is 2.27. The van der Waals surface area contributed by atoms with Gasteiger partial charge >= 0.3 is 0 Å². The Morgan fingerprint density at radius 3 is 2.75 bits per heavy atom. The van der Waals surface area contributed by atoms with E-state index >= 15 is 0 Å². The zero-order chi connectivity index (χ0) is 14.3. The van der Waals surface area contributed by atoms with Gasteiger partial charge in [0.2, 0.25) is 0 Å². The second kappa shape index (κ2) is 4.87. The van der Waals surface area contributed by atoms with Crippen molar-refractivity contribution in [1.29, 1.82) is 0 Å². The SMILES string of the molecule is CCS(=O)(=O)C1CN(C(=O)c2noc3c2CCCC3)C1. The Hall–Kier alpha value is -1.37. The molecule has 0 aromatic carbocycles. The number of likely N-dealkylation sites (tertiary alicyclic amines) is 1. The minimum Gasteiger partial charge on any atom is -0.360 e. The molecule has 1 amide bonds. The van der Waals surface area contributed by atoms with Crippen LogP contribution < -0.4 is 0 Å². The molecule has 20 heavy (non-hydrogen) atoms. The number of sulfone groups is 1. The fourth-order valence-electron chi connectivity index (χ4n) is 2.77. The molecule has 6 nitrogen and oxygen atoms in total. The number of aryl methyl sites for hydroxylation is 1. The number of aromatic nitrogens is 1. The molecule has 2 heterocycles. The molecule has 0 saturated carbocycles. The van der Waals surface area contributed by atoms with Crippen molar-refractivity contribution in [2.45, 2.75) is 37.9 Å². The first-order valence-electron chi connectivity index (χ1n) is 7.01. The van der Waals surface area contributed by atoms with E-state index in [0.717, 1.165) is 37.0 Å². The van der Waals surface area contributed by atoms with Crippen molar-refractivity contribution in [3.63, 3.8) is 0 Å². The quantitative estimate of drug-likeness (QED) is 0.825. The van der Waals surface area contributed by atoms with Crippen LogP contribution >= 0.6 is 0 Å². The summed E-state index contributed by atoms with van der Waals surface area (Å²) in [7, 11) is -3.05. The van der Waals surface area contributed by atoms with E-state index in [0.29, 0.717) is 5.69 Å². The number of amides is 1. The largest absolute Gasteiger partial charge is 0.360 e. The zero-order valence-corrected chi connectivity index (χ0v) is 12.3. The lowest BCUT2D eigenvalue weighted by atomic mass is 9.96. The summed E-state index contributed by atoms with van der Waals surface area (Å²) < 4.78 is 28.6. The van der Waals surface area contributed by atoms with Crippen LogP contribution in [0.4, 0.5) is 0 Å². The molecule has 110 valence electrons. The van der Waals surface area contributed by atoms with Crippen LogP contribution in [0, 0.1) is 0 Å². The van der Waals surface area contributed by atoms with Gasteiger partial charge in [0.1, 0.15) is 5.76 Å². The van der Waals surface area contributed by atoms with Crippen molar-refractivity contribution in [2.24, 2.45) is 0 Å². The number of carbonyl (C=O) groups excluding carboxylic acids is 1. The molecule has 1 aromatic heterocycles. The predicted molar refractivity (Wildman–Crippen MR) is 72.3 cm³/mol. The molecular weight excluding hydrogens is 280 g/mol. The van der Waals surface area contributed by atoms with E-state index in [4.69, 9.17) is 4.52 Å². The zero-order valence-electron chi connectivity index (χ0n) is 11.5. The topological polar surface area (TPSA) is 80.5 Å². The van der Waals surface area contributed by atoms with Gasteiger partial charge in [0.25, 0.3) is 5.91 Å². The lowest BCUT2D eigenvalue weighted by Crippen LogP contribution is -2.57. The van der Waals surface area contributed by atoms with Crippen molar-refractivity contribution < 1.29 is 17.7 Å².